The maximum Gasteiger partial charge on any atom is 0.194 e. The molecule has 0 aliphatic rings. The van der Waals surface area contributed by atoms with Crippen LogP contribution < -0.4 is 0 Å². The van der Waals surface area contributed by atoms with Crippen LogP contribution in [0.25, 0.3) is 0 Å². The fourth-order valence-electron chi connectivity index (χ4n) is 1.57. The number of carbonyl (C=O) groups excluding carboxylic acids is 1. The molecular formula is C12H14BrFO3S. The minimum Gasteiger partial charge on any atom is -0.291 e. The molecule has 0 heterocycles. The molecule has 0 radical (unpaired) electrons. The van der Waals surface area contributed by atoms with E-state index in [0.717, 1.165) is 12.1 Å². The summed E-state index contributed by atoms with van der Waals surface area (Å²) in [5, 5.41) is 0. The molecule has 0 N–H and O–H groups in total. The SMILES string of the molecule is CCC(Br)(C(=O)c1ccc(F)cc1)S(=O)(=O)CC. The number of benzene rings is 1. The first-order chi connectivity index (χ1) is 8.28. The number of Topliss-reactive ketones (excluding diaryl/α,β-unsaturated/α-hetero) is 1. The molecule has 0 aromatic heterocycles. The lowest BCUT2D eigenvalue weighted by molar-refractivity contribution is 0.0976. The predicted molar refractivity (Wildman–Crippen MR) is 72.1 cm³/mol. The quantitative estimate of drug-likeness (QED) is 0.613. The van der Waals surface area contributed by atoms with Crippen molar-refractivity contribution in [3.8, 4) is 0 Å². The highest BCUT2D eigenvalue weighted by molar-refractivity contribution is 9.12. The molecule has 0 spiro atoms. The molecule has 6 heteroatoms. The molecule has 1 atom stereocenters. The summed E-state index contributed by atoms with van der Waals surface area (Å²) in [6.07, 6.45) is 0.110. The van der Waals surface area contributed by atoms with Gasteiger partial charge < -0.3 is 0 Å². The van der Waals surface area contributed by atoms with Gasteiger partial charge in [0.2, 0.25) is 0 Å². The smallest absolute Gasteiger partial charge is 0.194 e. The van der Waals surface area contributed by atoms with Gasteiger partial charge >= 0.3 is 0 Å². The van der Waals surface area contributed by atoms with E-state index in [-0.39, 0.29) is 17.7 Å². The molecule has 0 amide bonds. The van der Waals surface area contributed by atoms with E-state index < -0.39 is 25.1 Å². The van der Waals surface area contributed by atoms with Gasteiger partial charge in [-0.25, -0.2) is 12.8 Å². The van der Waals surface area contributed by atoms with Crippen LogP contribution >= 0.6 is 15.9 Å². The van der Waals surface area contributed by atoms with Crippen LogP contribution in [0.1, 0.15) is 30.6 Å². The Balaban J connectivity index is 3.26. The normalized spacial score (nSPS) is 15.1. The maximum atomic E-state index is 12.8. The lowest BCUT2D eigenvalue weighted by Crippen LogP contribution is -2.41. The largest absolute Gasteiger partial charge is 0.291 e. The average Bonchev–Trinajstić information content (AvgIpc) is 2.37. The standard InChI is InChI=1S/C12H14BrFO3S/c1-3-12(13,18(16,17)4-2)11(15)9-5-7-10(14)8-6-9/h5-8H,3-4H2,1-2H3. The molecular weight excluding hydrogens is 323 g/mol. The van der Waals surface area contributed by atoms with Crippen LogP contribution in [0.15, 0.2) is 24.3 Å². The zero-order valence-corrected chi connectivity index (χ0v) is 12.5. The second kappa shape index (κ2) is 5.48. The summed E-state index contributed by atoms with van der Waals surface area (Å²) in [5.74, 6) is -1.17. The van der Waals surface area contributed by atoms with Crippen molar-refractivity contribution >= 4 is 31.6 Å². The summed E-state index contributed by atoms with van der Waals surface area (Å²) in [7, 11) is -3.59. The number of alkyl halides is 1. The number of rotatable bonds is 5. The van der Waals surface area contributed by atoms with Gasteiger partial charge in [-0.15, -0.1) is 0 Å². The third-order valence-corrected chi connectivity index (χ3v) is 7.39. The molecule has 1 aromatic rings. The number of hydrogen-bond acceptors (Lipinski definition) is 3. The second-order valence-electron chi connectivity index (χ2n) is 3.82. The zero-order valence-electron chi connectivity index (χ0n) is 10.1. The third kappa shape index (κ3) is 2.64. The molecule has 0 aliphatic heterocycles. The maximum absolute atomic E-state index is 12.8. The number of carbonyl (C=O) groups is 1. The van der Waals surface area contributed by atoms with Crippen LogP contribution in [0, 0.1) is 5.82 Å². The van der Waals surface area contributed by atoms with Crippen molar-refractivity contribution in [2.45, 2.75) is 23.9 Å². The van der Waals surface area contributed by atoms with Crippen LogP contribution in [0.2, 0.25) is 0 Å². The van der Waals surface area contributed by atoms with Crippen molar-refractivity contribution < 1.29 is 17.6 Å². The highest BCUT2D eigenvalue weighted by Gasteiger charge is 2.45. The van der Waals surface area contributed by atoms with Crippen molar-refractivity contribution in [1.29, 1.82) is 0 Å². The van der Waals surface area contributed by atoms with Crippen molar-refractivity contribution in [3.05, 3.63) is 35.6 Å². The molecule has 0 aliphatic carbocycles. The van der Waals surface area contributed by atoms with E-state index in [1.165, 1.54) is 19.1 Å². The topological polar surface area (TPSA) is 51.2 Å². The van der Waals surface area contributed by atoms with Gasteiger partial charge in [-0.3, -0.25) is 4.79 Å². The van der Waals surface area contributed by atoms with Gasteiger partial charge in [-0.2, -0.15) is 0 Å². The molecule has 100 valence electrons. The Bertz CT molecular complexity index is 539. The Morgan fingerprint density at radius 1 is 1.28 bits per heavy atom. The van der Waals surface area contributed by atoms with Gasteiger partial charge in [0, 0.05) is 11.3 Å². The lowest BCUT2D eigenvalue weighted by Gasteiger charge is -2.24. The van der Waals surface area contributed by atoms with Gasteiger partial charge in [0.25, 0.3) is 0 Å². The lowest BCUT2D eigenvalue weighted by atomic mass is 10.1. The second-order valence-corrected chi connectivity index (χ2v) is 8.20. The Hall–Kier alpha value is -0.750. The van der Waals surface area contributed by atoms with E-state index >= 15 is 0 Å². The first kappa shape index (κ1) is 15.3. The van der Waals surface area contributed by atoms with E-state index in [1.807, 2.05) is 0 Å². The van der Waals surface area contributed by atoms with Crippen LogP contribution in [0.3, 0.4) is 0 Å². The van der Waals surface area contributed by atoms with Crippen molar-refractivity contribution in [1.82, 2.24) is 0 Å². The molecule has 1 aromatic carbocycles. The average molecular weight is 337 g/mol. The van der Waals surface area contributed by atoms with Crippen LogP contribution in [0.5, 0.6) is 0 Å². The summed E-state index contributed by atoms with van der Waals surface area (Å²) in [6.45, 7) is 3.10. The zero-order chi connectivity index (χ0) is 14.0. The molecule has 0 saturated heterocycles. The minimum atomic E-state index is -3.59. The fraction of sp³-hybridized carbons (Fsp3) is 0.417. The van der Waals surface area contributed by atoms with Crippen LogP contribution in [-0.2, 0) is 9.84 Å². The van der Waals surface area contributed by atoms with Crippen molar-refractivity contribution in [2.75, 3.05) is 5.75 Å². The molecule has 0 fully saturated rings. The van der Waals surface area contributed by atoms with Gasteiger partial charge in [-0.05, 0) is 30.7 Å². The molecule has 3 nitrogen and oxygen atoms in total. The molecule has 18 heavy (non-hydrogen) atoms. The van der Waals surface area contributed by atoms with Gasteiger partial charge in [0.05, 0.1) is 0 Å². The number of hydrogen-bond donors (Lipinski definition) is 0. The Kier molecular flexibility index (Phi) is 4.66. The highest BCUT2D eigenvalue weighted by atomic mass is 79.9. The molecule has 0 bridgehead atoms. The summed E-state index contributed by atoms with van der Waals surface area (Å²) < 4.78 is 35.1. The summed E-state index contributed by atoms with van der Waals surface area (Å²) in [6, 6.07) is 4.84. The molecule has 1 rings (SSSR count). The van der Waals surface area contributed by atoms with E-state index in [4.69, 9.17) is 0 Å². The Morgan fingerprint density at radius 2 is 1.78 bits per heavy atom. The van der Waals surface area contributed by atoms with E-state index in [1.54, 1.807) is 6.92 Å². The summed E-state index contributed by atoms with van der Waals surface area (Å²) >= 11 is 3.06. The highest BCUT2D eigenvalue weighted by Crippen LogP contribution is 2.34. The van der Waals surface area contributed by atoms with Gasteiger partial charge in [0.15, 0.2) is 19.3 Å². The Labute approximate surface area is 114 Å². The van der Waals surface area contributed by atoms with Crippen LogP contribution in [-0.4, -0.2) is 23.6 Å². The van der Waals surface area contributed by atoms with Gasteiger partial charge in [0.1, 0.15) is 5.82 Å². The Morgan fingerprint density at radius 3 is 2.17 bits per heavy atom. The summed E-state index contributed by atoms with van der Waals surface area (Å²) in [5.41, 5.74) is 0.173. The number of sulfone groups is 1. The predicted octanol–water partition coefficient (Wildman–Crippen LogP) is 2.94. The molecule has 0 saturated carbocycles. The first-order valence-corrected chi connectivity index (χ1v) is 7.94. The van der Waals surface area contributed by atoms with Crippen molar-refractivity contribution in [3.63, 3.8) is 0 Å². The van der Waals surface area contributed by atoms with E-state index in [9.17, 15) is 17.6 Å². The first-order valence-electron chi connectivity index (χ1n) is 5.50. The van der Waals surface area contributed by atoms with E-state index in [0.29, 0.717) is 0 Å². The van der Waals surface area contributed by atoms with E-state index in [2.05, 4.69) is 15.9 Å². The fourth-order valence-corrected chi connectivity index (χ4v) is 3.78. The van der Waals surface area contributed by atoms with Gasteiger partial charge in [-0.1, -0.05) is 29.8 Å². The minimum absolute atomic E-state index is 0.110. The molecule has 1 unspecified atom stereocenters. The number of halogens is 2. The monoisotopic (exact) mass is 336 g/mol. The number of ketones is 1. The van der Waals surface area contributed by atoms with Crippen molar-refractivity contribution in [2.24, 2.45) is 0 Å². The van der Waals surface area contributed by atoms with Crippen LogP contribution in [0.4, 0.5) is 4.39 Å². The summed E-state index contributed by atoms with van der Waals surface area (Å²) in [4.78, 5) is 12.3. The third-order valence-electron chi connectivity index (χ3n) is 2.77.